The number of methoxy groups -OCH3 is 2. The fourth-order valence-corrected chi connectivity index (χ4v) is 2.02. The molecular formula is C17H23FO4. The quantitative estimate of drug-likeness (QED) is 0.592. The molecule has 0 radical (unpaired) electrons. The monoisotopic (exact) mass is 310 g/mol. The molecule has 5 heteroatoms. The highest BCUT2D eigenvalue weighted by Gasteiger charge is 2.29. The summed E-state index contributed by atoms with van der Waals surface area (Å²) in [6, 6.07) is 7.62. The molecule has 0 heterocycles. The second-order valence-corrected chi connectivity index (χ2v) is 5.27. The lowest BCUT2D eigenvalue weighted by Gasteiger charge is -2.23. The van der Waals surface area contributed by atoms with Crippen molar-refractivity contribution in [3.05, 3.63) is 42.0 Å². The Morgan fingerprint density at radius 2 is 2.18 bits per heavy atom. The Hall–Kier alpha value is -1.88. The van der Waals surface area contributed by atoms with Crippen molar-refractivity contribution in [2.24, 2.45) is 0 Å². The number of hydrogen-bond acceptors (Lipinski definition) is 4. The van der Waals surface area contributed by atoms with E-state index in [-0.39, 0.29) is 6.42 Å². The number of benzene rings is 1. The van der Waals surface area contributed by atoms with Gasteiger partial charge in [0.2, 0.25) is 0 Å². The zero-order valence-electron chi connectivity index (χ0n) is 13.2. The Labute approximate surface area is 130 Å². The lowest BCUT2D eigenvalue weighted by Crippen LogP contribution is -2.33. The normalized spacial score (nSPS) is 15.3. The number of rotatable bonds is 8. The van der Waals surface area contributed by atoms with Gasteiger partial charge in [0, 0.05) is 6.08 Å². The molecule has 2 atom stereocenters. The number of aliphatic hydroxyl groups excluding tert-OH is 1. The Balaban J connectivity index is 2.49. The Bertz CT molecular complexity index is 511. The number of alkyl halides is 1. The van der Waals surface area contributed by atoms with Crippen LogP contribution in [0.15, 0.2) is 36.4 Å². The van der Waals surface area contributed by atoms with Crippen LogP contribution in [0.25, 0.3) is 0 Å². The van der Waals surface area contributed by atoms with Gasteiger partial charge in [0.25, 0.3) is 0 Å². The molecule has 2 unspecified atom stereocenters. The SMILES string of the molecule is COC(=O)/C=C/C(C)(F)C(O)CCCc1cccc(OC)c1. The molecule has 0 aliphatic rings. The number of aliphatic hydroxyl groups is 1. The molecule has 0 aliphatic carbocycles. The van der Waals surface area contributed by atoms with Crippen LogP contribution in [0.1, 0.15) is 25.3 Å². The van der Waals surface area contributed by atoms with Gasteiger partial charge in [-0.2, -0.15) is 0 Å². The van der Waals surface area contributed by atoms with E-state index in [4.69, 9.17) is 4.74 Å². The van der Waals surface area contributed by atoms with E-state index >= 15 is 0 Å². The molecule has 1 aromatic rings. The van der Waals surface area contributed by atoms with Gasteiger partial charge in [-0.05, 0) is 50.0 Å². The highest BCUT2D eigenvalue weighted by atomic mass is 19.1. The lowest BCUT2D eigenvalue weighted by atomic mass is 9.95. The van der Waals surface area contributed by atoms with Gasteiger partial charge in [0.15, 0.2) is 5.67 Å². The molecule has 122 valence electrons. The molecule has 0 amide bonds. The van der Waals surface area contributed by atoms with E-state index in [9.17, 15) is 14.3 Å². The molecule has 0 aliphatic heterocycles. The van der Waals surface area contributed by atoms with Crippen LogP contribution in [0.5, 0.6) is 5.75 Å². The summed E-state index contributed by atoms with van der Waals surface area (Å²) in [6.45, 7) is 1.24. The first-order valence-corrected chi connectivity index (χ1v) is 7.16. The maximum atomic E-state index is 14.3. The van der Waals surface area contributed by atoms with Gasteiger partial charge >= 0.3 is 5.97 Å². The standard InChI is InChI=1S/C17H23FO4/c1-17(18,11-10-16(20)22-3)15(19)9-5-7-13-6-4-8-14(12-13)21-2/h4,6,8,10-12,15,19H,5,7,9H2,1-3H3/b11-10+. The van der Waals surface area contributed by atoms with Gasteiger partial charge < -0.3 is 14.6 Å². The first-order chi connectivity index (χ1) is 10.4. The molecule has 0 saturated carbocycles. The minimum atomic E-state index is -1.97. The van der Waals surface area contributed by atoms with Gasteiger partial charge in [-0.3, -0.25) is 0 Å². The summed E-state index contributed by atoms with van der Waals surface area (Å²) in [5.74, 6) is 0.127. The zero-order valence-corrected chi connectivity index (χ0v) is 13.2. The fourth-order valence-electron chi connectivity index (χ4n) is 2.02. The van der Waals surface area contributed by atoms with E-state index in [2.05, 4.69) is 4.74 Å². The van der Waals surface area contributed by atoms with Crippen molar-refractivity contribution in [1.29, 1.82) is 0 Å². The van der Waals surface area contributed by atoms with E-state index in [1.807, 2.05) is 24.3 Å². The van der Waals surface area contributed by atoms with Gasteiger partial charge in [-0.1, -0.05) is 12.1 Å². The van der Waals surface area contributed by atoms with Gasteiger partial charge in [-0.15, -0.1) is 0 Å². The predicted molar refractivity (Wildman–Crippen MR) is 82.6 cm³/mol. The smallest absolute Gasteiger partial charge is 0.330 e. The number of carbonyl (C=O) groups is 1. The topological polar surface area (TPSA) is 55.8 Å². The van der Waals surface area contributed by atoms with Crippen LogP contribution >= 0.6 is 0 Å². The lowest BCUT2D eigenvalue weighted by molar-refractivity contribution is -0.134. The van der Waals surface area contributed by atoms with E-state index in [0.717, 1.165) is 23.5 Å². The summed E-state index contributed by atoms with van der Waals surface area (Å²) in [7, 11) is 2.82. The summed E-state index contributed by atoms with van der Waals surface area (Å²) < 4.78 is 23.8. The van der Waals surface area contributed by atoms with Crippen LogP contribution in [-0.2, 0) is 16.0 Å². The van der Waals surface area contributed by atoms with Crippen LogP contribution in [0.3, 0.4) is 0 Å². The predicted octanol–water partition coefficient (Wildman–Crippen LogP) is 2.84. The number of halogens is 1. The van der Waals surface area contributed by atoms with Crippen LogP contribution in [-0.4, -0.2) is 37.1 Å². The summed E-state index contributed by atoms with van der Waals surface area (Å²) in [6.07, 6.45) is 2.47. The van der Waals surface area contributed by atoms with Crippen LogP contribution in [0.2, 0.25) is 0 Å². The zero-order chi connectivity index (χ0) is 16.6. The summed E-state index contributed by atoms with van der Waals surface area (Å²) in [4.78, 5) is 11.0. The maximum absolute atomic E-state index is 14.3. The van der Waals surface area contributed by atoms with Crippen molar-refractivity contribution in [3.8, 4) is 5.75 Å². The van der Waals surface area contributed by atoms with Crippen molar-refractivity contribution in [2.75, 3.05) is 14.2 Å². The summed E-state index contributed by atoms with van der Waals surface area (Å²) in [5, 5.41) is 9.94. The van der Waals surface area contributed by atoms with Crippen LogP contribution < -0.4 is 4.74 Å². The van der Waals surface area contributed by atoms with Crippen LogP contribution in [0, 0.1) is 0 Å². The molecule has 0 bridgehead atoms. The Morgan fingerprint density at radius 1 is 1.45 bits per heavy atom. The highest BCUT2D eigenvalue weighted by molar-refractivity contribution is 5.81. The van der Waals surface area contributed by atoms with Crippen LogP contribution in [0.4, 0.5) is 4.39 Å². The second kappa shape index (κ2) is 8.54. The van der Waals surface area contributed by atoms with E-state index < -0.39 is 17.7 Å². The van der Waals surface area contributed by atoms with E-state index in [0.29, 0.717) is 12.8 Å². The van der Waals surface area contributed by atoms with Crippen molar-refractivity contribution in [3.63, 3.8) is 0 Å². The minimum Gasteiger partial charge on any atom is -0.497 e. The molecule has 0 saturated heterocycles. The molecular weight excluding hydrogens is 287 g/mol. The third-order valence-corrected chi connectivity index (χ3v) is 3.48. The van der Waals surface area contributed by atoms with E-state index in [1.54, 1.807) is 7.11 Å². The number of aryl methyl sites for hydroxylation is 1. The molecule has 0 spiro atoms. The number of ether oxygens (including phenoxy) is 2. The molecule has 0 fully saturated rings. The van der Waals surface area contributed by atoms with Crippen molar-refractivity contribution >= 4 is 5.97 Å². The first kappa shape index (κ1) is 18.2. The number of hydrogen-bond donors (Lipinski definition) is 1. The molecule has 22 heavy (non-hydrogen) atoms. The fraction of sp³-hybridized carbons (Fsp3) is 0.471. The van der Waals surface area contributed by atoms with E-state index in [1.165, 1.54) is 14.0 Å². The molecule has 4 nitrogen and oxygen atoms in total. The number of esters is 1. The second-order valence-electron chi connectivity index (χ2n) is 5.27. The summed E-state index contributed by atoms with van der Waals surface area (Å²) >= 11 is 0. The van der Waals surface area contributed by atoms with Crippen molar-refractivity contribution in [2.45, 2.75) is 38.0 Å². The minimum absolute atomic E-state index is 0.287. The van der Waals surface area contributed by atoms with Gasteiger partial charge in [0.05, 0.1) is 20.3 Å². The largest absolute Gasteiger partial charge is 0.497 e. The van der Waals surface area contributed by atoms with Gasteiger partial charge in [-0.25, -0.2) is 9.18 Å². The number of carbonyl (C=O) groups excluding carboxylic acids is 1. The molecule has 1 N–H and O–H groups in total. The summed E-state index contributed by atoms with van der Waals surface area (Å²) in [5.41, 5.74) is -0.903. The average Bonchev–Trinajstić information content (AvgIpc) is 2.52. The maximum Gasteiger partial charge on any atom is 0.330 e. The highest BCUT2D eigenvalue weighted by Crippen LogP contribution is 2.23. The molecule has 0 aromatic heterocycles. The average molecular weight is 310 g/mol. The van der Waals surface area contributed by atoms with Crippen molar-refractivity contribution in [1.82, 2.24) is 0 Å². The molecule has 1 rings (SSSR count). The first-order valence-electron chi connectivity index (χ1n) is 7.16. The van der Waals surface area contributed by atoms with Gasteiger partial charge in [0.1, 0.15) is 5.75 Å². The Kier molecular flexibility index (Phi) is 7.05. The third kappa shape index (κ3) is 5.85. The third-order valence-electron chi connectivity index (χ3n) is 3.48. The molecule has 1 aromatic carbocycles. The van der Waals surface area contributed by atoms with Crippen molar-refractivity contribution < 1.29 is 23.8 Å². The Morgan fingerprint density at radius 3 is 2.82 bits per heavy atom.